The van der Waals surface area contributed by atoms with Gasteiger partial charge in [0, 0.05) is 15.5 Å². The van der Waals surface area contributed by atoms with Gasteiger partial charge in [-0.05, 0) is 52.9 Å². The Morgan fingerprint density at radius 2 is 1.85 bits per heavy atom. The number of benzene rings is 1. The van der Waals surface area contributed by atoms with Crippen LogP contribution in [-0.2, 0) is 10.0 Å². The summed E-state index contributed by atoms with van der Waals surface area (Å²) in [6, 6.07) is 3.29. The van der Waals surface area contributed by atoms with Gasteiger partial charge in [0.2, 0.25) is 10.0 Å². The topological polar surface area (TPSA) is 66.4 Å². The predicted molar refractivity (Wildman–Crippen MR) is 87.2 cm³/mol. The van der Waals surface area contributed by atoms with E-state index in [0.29, 0.717) is 16.8 Å². The Bertz CT molecular complexity index is 573. The van der Waals surface area contributed by atoms with Gasteiger partial charge in [-0.2, -0.15) is 0 Å². The summed E-state index contributed by atoms with van der Waals surface area (Å²) >= 11 is 6.58. The Kier molecular flexibility index (Phi) is 6.66. The molecule has 1 rings (SSSR count). The van der Waals surface area contributed by atoms with Gasteiger partial charge in [0.1, 0.15) is 0 Å². The van der Waals surface area contributed by atoms with Crippen LogP contribution in [0.1, 0.15) is 25.8 Å². The SMILES string of the molecule is Cc1cc(Br)c(S(=O)(=O)NCC(O)CC(C)C)cc1Br. The van der Waals surface area contributed by atoms with Crippen molar-refractivity contribution in [2.24, 2.45) is 5.92 Å². The highest BCUT2D eigenvalue weighted by Gasteiger charge is 2.20. The Hall–Kier alpha value is 0.0500. The van der Waals surface area contributed by atoms with Gasteiger partial charge in [-0.25, -0.2) is 13.1 Å². The van der Waals surface area contributed by atoms with E-state index in [9.17, 15) is 13.5 Å². The largest absolute Gasteiger partial charge is 0.392 e. The summed E-state index contributed by atoms with van der Waals surface area (Å²) in [5.74, 6) is 0.315. The second-order valence-corrected chi connectivity index (χ2v) is 8.61. The van der Waals surface area contributed by atoms with Crippen molar-refractivity contribution in [1.29, 1.82) is 0 Å². The van der Waals surface area contributed by atoms with Crippen LogP contribution in [0.2, 0.25) is 0 Å². The molecule has 0 saturated heterocycles. The van der Waals surface area contributed by atoms with Crippen LogP contribution in [0.25, 0.3) is 0 Å². The molecule has 1 aromatic rings. The quantitative estimate of drug-likeness (QED) is 0.730. The standard InChI is InChI=1S/C13H19Br2NO3S/c1-8(2)4-10(17)7-16-20(18,19)13-6-11(14)9(3)5-12(13)15/h5-6,8,10,16-17H,4,7H2,1-3H3. The summed E-state index contributed by atoms with van der Waals surface area (Å²) in [5, 5.41) is 9.75. The number of sulfonamides is 1. The lowest BCUT2D eigenvalue weighted by Crippen LogP contribution is -2.33. The van der Waals surface area contributed by atoms with Crippen molar-refractivity contribution < 1.29 is 13.5 Å². The van der Waals surface area contributed by atoms with E-state index in [1.807, 2.05) is 20.8 Å². The Labute approximate surface area is 137 Å². The minimum Gasteiger partial charge on any atom is -0.392 e. The Morgan fingerprint density at radius 3 is 2.40 bits per heavy atom. The number of aliphatic hydroxyl groups excluding tert-OH is 1. The maximum Gasteiger partial charge on any atom is 0.241 e. The number of aryl methyl sites for hydroxylation is 1. The lowest BCUT2D eigenvalue weighted by molar-refractivity contribution is 0.152. The molecule has 0 radical (unpaired) electrons. The maximum atomic E-state index is 12.2. The van der Waals surface area contributed by atoms with Crippen molar-refractivity contribution in [3.63, 3.8) is 0 Å². The van der Waals surface area contributed by atoms with Crippen LogP contribution in [-0.4, -0.2) is 26.2 Å². The predicted octanol–water partition coefficient (Wildman–Crippen LogP) is 3.21. The van der Waals surface area contributed by atoms with Crippen LogP contribution in [0, 0.1) is 12.8 Å². The van der Waals surface area contributed by atoms with Gasteiger partial charge in [0.05, 0.1) is 11.0 Å². The monoisotopic (exact) mass is 427 g/mol. The molecule has 7 heteroatoms. The highest BCUT2D eigenvalue weighted by molar-refractivity contribution is 9.11. The van der Waals surface area contributed by atoms with Gasteiger partial charge in [0.25, 0.3) is 0 Å². The summed E-state index contributed by atoms with van der Waals surface area (Å²) < 4.78 is 28.1. The van der Waals surface area contributed by atoms with Crippen molar-refractivity contribution >= 4 is 41.9 Å². The molecule has 1 atom stereocenters. The Balaban J connectivity index is 2.87. The van der Waals surface area contributed by atoms with E-state index in [0.717, 1.165) is 10.0 Å². The van der Waals surface area contributed by atoms with Crippen molar-refractivity contribution in [2.45, 2.75) is 38.2 Å². The van der Waals surface area contributed by atoms with E-state index < -0.39 is 16.1 Å². The Morgan fingerprint density at radius 1 is 1.25 bits per heavy atom. The molecule has 0 heterocycles. The highest BCUT2D eigenvalue weighted by Crippen LogP contribution is 2.28. The molecule has 0 aliphatic carbocycles. The molecular formula is C13H19Br2NO3S. The second-order valence-electron chi connectivity index (χ2n) is 5.17. The molecule has 0 amide bonds. The number of hydrogen-bond donors (Lipinski definition) is 2. The third-order valence-electron chi connectivity index (χ3n) is 2.76. The molecule has 0 aromatic heterocycles. The van der Waals surface area contributed by atoms with Gasteiger partial charge in [-0.15, -0.1) is 0 Å². The lowest BCUT2D eigenvalue weighted by atomic mass is 10.1. The summed E-state index contributed by atoms with van der Waals surface area (Å²) in [4.78, 5) is 0.159. The van der Waals surface area contributed by atoms with Gasteiger partial charge >= 0.3 is 0 Å². The molecular weight excluding hydrogens is 410 g/mol. The van der Waals surface area contributed by atoms with Crippen molar-refractivity contribution in [3.8, 4) is 0 Å². The second kappa shape index (κ2) is 7.35. The molecule has 0 spiro atoms. The van der Waals surface area contributed by atoms with Crippen LogP contribution in [0.5, 0.6) is 0 Å². The maximum absolute atomic E-state index is 12.2. The fourth-order valence-electron chi connectivity index (χ4n) is 1.75. The summed E-state index contributed by atoms with van der Waals surface area (Å²) in [6.45, 7) is 5.85. The van der Waals surface area contributed by atoms with Crippen LogP contribution in [0.15, 0.2) is 26.0 Å². The molecule has 0 aliphatic rings. The van der Waals surface area contributed by atoms with Crippen LogP contribution in [0.4, 0.5) is 0 Å². The number of halogens is 2. The van der Waals surface area contributed by atoms with Gasteiger partial charge in [-0.3, -0.25) is 0 Å². The third kappa shape index (κ3) is 5.11. The first-order valence-corrected chi connectivity index (χ1v) is 9.33. The van der Waals surface area contributed by atoms with Gasteiger partial charge < -0.3 is 5.11 Å². The van der Waals surface area contributed by atoms with Gasteiger partial charge in [0.15, 0.2) is 0 Å². The molecule has 20 heavy (non-hydrogen) atoms. The van der Waals surface area contributed by atoms with Crippen molar-refractivity contribution in [2.75, 3.05) is 6.54 Å². The third-order valence-corrected chi connectivity index (χ3v) is 5.99. The molecule has 2 N–H and O–H groups in total. The van der Waals surface area contributed by atoms with E-state index in [1.165, 1.54) is 0 Å². The van der Waals surface area contributed by atoms with E-state index in [2.05, 4.69) is 36.6 Å². The summed E-state index contributed by atoms with van der Waals surface area (Å²) in [5.41, 5.74) is 0.940. The van der Waals surface area contributed by atoms with Crippen LogP contribution < -0.4 is 4.72 Å². The highest BCUT2D eigenvalue weighted by atomic mass is 79.9. The first kappa shape index (κ1) is 18.1. The zero-order valence-electron chi connectivity index (χ0n) is 11.7. The van der Waals surface area contributed by atoms with E-state index in [1.54, 1.807) is 12.1 Å². The average molecular weight is 429 g/mol. The molecule has 0 fully saturated rings. The van der Waals surface area contributed by atoms with Crippen molar-refractivity contribution in [3.05, 3.63) is 26.6 Å². The fourth-order valence-corrected chi connectivity index (χ4v) is 4.49. The van der Waals surface area contributed by atoms with E-state index >= 15 is 0 Å². The van der Waals surface area contributed by atoms with Crippen LogP contribution >= 0.6 is 31.9 Å². The lowest BCUT2D eigenvalue weighted by Gasteiger charge is -2.15. The zero-order chi connectivity index (χ0) is 15.5. The average Bonchev–Trinajstić information content (AvgIpc) is 2.30. The minimum absolute atomic E-state index is 0.0124. The summed E-state index contributed by atoms with van der Waals surface area (Å²) in [7, 11) is -3.65. The summed E-state index contributed by atoms with van der Waals surface area (Å²) in [6.07, 6.45) is -0.126. The number of rotatable bonds is 6. The molecule has 1 unspecified atom stereocenters. The fraction of sp³-hybridized carbons (Fsp3) is 0.538. The number of hydrogen-bond acceptors (Lipinski definition) is 3. The minimum atomic E-state index is -3.65. The van der Waals surface area contributed by atoms with Gasteiger partial charge in [-0.1, -0.05) is 29.8 Å². The first-order chi connectivity index (χ1) is 9.13. The molecule has 114 valence electrons. The first-order valence-electron chi connectivity index (χ1n) is 6.27. The smallest absolute Gasteiger partial charge is 0.241 e. The van der Waals surface area contributed by atoms with Crippen molar-refractivity contribution in [1.82, 2.24) is 4.72 Å². The molecule has 4 nitrogen and oxygen atoms in total. The molecule has 0 aliphatic heterocycles. The molecule has 1 aromatic carbocycles. The molecule has 0 saturated carbocycles. The number of nitrogens with one attached hydrogen (secondary N) is 1. The zero-order valence-corrected chi connectivity index (χ0v) is 15.6. The van der Waals surface area contributed by atoms with E-state index in [4.69, 9.17) is 0 Å². The van der Waals surface area contributed by atoms with E-state index in [-0.39, 0.29) is 11.4 Å². The molecule has 0 bridgehead atoms. The normalized spacial score (nSPS) is 13.8. The number of aliphatic hydroxyl groups is 1. The van der Waals surface area contributed by atoms with Crippen LogP contribution in [0.3, 0.4) is 0 Å².